The zero-order valence-electron chi connectivity index (χ0n) is 13.1. The molecule has 7 heteroatoms. The number of benzene rings is 1. The minimum absolute atomic E-state index is 0.0322. The van der Waals surface area contributed by atoms with Crippen LogP contribution in [0, 0.1) is 6.92 Å². The summed E-state index contributed by atoms with van der Waals surface area (Å²) in [5, 5.41) is 2.54. The molecule has 0 aliphatic rings. The summed E-state index contributed by atoms with van der Waals surface area (Å²) in [5.41, 5.74) is -0.226. The Hall–Kier alpha value is -3.09. The van der Waals surface area contributed by atoms with E-state index in [0.29, 0.717) is 5.82 Å². The van der Waals surface area contributed by atoms with E-state index in [-0.39, 0.29) is 17.1 Å². The normalized spacial score (nSPS) is 11.4. The van der Waals surface area contributed by atoms with E-state index in [4.69, 9.17) is 4.42 Å². The summed E-state index contributed by atoms with van der Waals surface area (Å²) in [6, 6.07) is 12.8. The minimum atomic E-state index is -4.52. The number of pyridine rings is 1. The molecule has 128 valence electrons. The van der Waals surface area contributed by atoms with Gasteiger partial charge in [0.05, 0.1) is 5.56 Å². The molecule has 0 atom stereocenters. The van der Waals surface area contributed by atoms with Crippen molar-refractivity contribution in [3.05, 3.63) is 71.6 Å². The Morgan fingerprint density at radius 3 is 2.52 bits per heavy atom. The highest BCUT2D eigenvalue weighted by molar-refractivity contribution is 6.02. The Bertz CT molecular complexity index is 916. The molecule has 1 amide bonds. The van der Waals surface area contributed by atoms with Crippen LogP contribution >= 0.6 is 0 Å². The van der Waals surface area contributed by atoms with Crippen LogP contribution in [0.15, 0.2) is 59.0 Å². The number of hydrogen-bond acceptors (Lipinski definition) is 3. The summed E-state index contributed by atoms with van der Waals surface area (Å²) < 4.78 is 44.6. The number of aromatic nitrogens is 1. The first-order chi connectivity index (χ1) is 11.8. The maximum absolute atomic E-state index is 13.1. The van der Waals surface area contributed by atoms with Crippen LogP contribution in [-0.2, 0) is 6.18 Å². The molecule has 2 heterocycles. The number of furan rings is 1. The number of alkyl halides is 3. The second kappa shape index (κ2) is 6.43. The van der Waals surface area contributed by atoms with Crippen LogP contribution in [0.5, 0.6) is 0 Å². The third-order valence-corrected chi connectivity index (χ3v) is 3.46. The van der Waals surface area contributed by atoms with Gasteiger partial charge in [0, 0.05) is 11.3 Å². The molecular weight excluding hydrogens is 333 g/mol. The van der Waals surface area contributed by atoms with Gasteiger partial charge < -0.3 is 9.73 Å². The van der Waals surface area contributed by atoms with Crippen molar-refractivity contribution in [3.63, 3.8) is 0 Å². The molecule has 0 radical (unpaired) electrons. The van der Waals surface area contributed by atoms with E-state index in [2.05, 4.69) is 10.3 Å². The molecule has 3 rings (SSSR count). The molecule has 0 saturated heterocycles. The van der Waals surface area contributed by atoms with Crippen LogP contribution in [0.3, 0.4) is 0 Å². The van der Waals surface area contributed by atoms with Gasteiger partial charge in [0.2, 0.25) is 0 Å². The van der Waals surface area contributed by atoms with Crippen LogP contribution in [0.1, 0.15) is 21.8 Å². The van der Waals surface area contributed by atoms with Crippen LogP contribution in [0.25, 0.3) is 11.3 Å². The van der Waals surface area contributed by atoms with Crippen molar-refractivity contribution in [2.24, 2.45) is 0 Å². The van der Waals surface area contributed by atoms with Crippen molar-refractivity contribution in [2.45, 2.75) is 13.1 Å². The van der Waals surface area contributed by atoms with Gasteiger partial charge in [-0.15, -0.1) is 0 Å². The first kappa shape index (κ1) is 16.8. The summed E-state index contributed by atoms with van der Waals surface area (Å²) in [6.45, 7) is 1.77. The number of nitrogens with zero attached hydrogens (tertiary/aromatic N) is 1. The van der Waals surface area contributed by atoms with Gasteiger partial charge in [0.25, 0.3) is 5.91 Å². The molecule has 4 nitrogen and oxygen atoms in total. The van der Waals surface area contributed by atoms with E-state index in [1.165, 1.54) is 30.3 Å². The fourth-order valence-electron chi connectivity index (χ4n) is 2.34. The molecule has 0 fully saturated rings. The molecule has 0 unspecified atom stereocenters. The van der Waals surface area contributed by atoms with Crippen LogP contribution in [0.4, 0.5) is 19.0 Å². The molecule has 0 aliphatic heterocycles. The summed E-state index contributed by atoms with van der Waals surface area (Å²) in [6.07, 6.45) is -4.52. The lowest BCUT2D eigenvalue weighted by atomic mass is 10.1. The summed E-state index contributed by atoms with van der Waals surface area (Å²) in [5.74, 6) is -0.391. The number of carbonyl (C=O) groups excluding carboxylic acids is 1. The smallest absolute Gasteiger partial charge is 0.417 e. The lowest BCUT2D eigenvalue weighted by molar-refractivity contribution is -0.137. The maximum atomic E-state index is 13.1. The highest BCUT2D eigenvalue weighted by Crippen LogP contribution is 2.37. The van der Waals surface area contributed by atoms with Gasteiger partial charge in [-0.2, -0.15) is 13.2 Å². The van der Waals surface area contributed by atoms with Crippen LogP contribution in [0.2, 0.25) is 0 Å². The Kier molecular flexibility index (Phi) is 4.31. The molecule has 0 saturated carbocycles. The predicted octanol–water partition coefficient (Wildman–Crippen LogP) is 4.92. The fraction of sp³-hybridized carbons (Fsp3) is 0.111. The molecular formula is C18H13F3N2O2. The zero-order valence-corrected chi connectivity index (χ0v) is 13.1. The number of aryl methyl sites for hydroxylation is 1. The van der Waals surface area contributed by atoms with E-state index in [9.17, 15) is 18.0 Å². The second-order valence-corrected chi connectivity index (χ2v) is 5.33. The average molecular weight is 346 g/mol. The van der Waals surface area contributed by atoms with Gasteiger partial charge in [-0.25, -0.2) is 4.98 Å². The minimum Gasteiger partial charge on any atom is -0.451 e. The number of halogens is 3. The number of hydrogen-bond donors (Lipinski definition) is 1. The lowest BCUT2D eigenvalue weighted by Crippen LogP contribution is -2.12. The van der Waals surface area contributed by atoms with E-state index in [1.807, 2.05) is 0 Å². The lowest BCUT2D eigenvalue weighted by Gasteiger charge is -2.10. The van der Waals surface area contributed by atoms with E-state index < -0.39 is 17.6 Å². The van der Waals surface area contributed by atoms with Crippen molar-refractivity contribution in [2.75, 3.05) is 5.32 Å². The number of amides is 1. The third kappa shape index (κ3) is 3.71. The number of nitrogens with one attached hydrogen (secondary N) is 1. The van der Waals surface area contributed by atoms with Crippen molar-refractivity contribution in [1.29, 1.82) is 0 Å². The van der Waals surface area contributed by atoms with Gasteiger partial charge in [-0.05, 0) is 37.3 Å². The van der Waals surface area contributed by atoms with Gasteiger partial charge in [0.15, 0.2) is 5.76 Å². The number of anilines is 1. The Labute approximate surface area is 141 Å². The molecule has 1 aromatic carbocycles. The van der Waals surface area contributed by atoms with Crippen molar-refractivity contribution < 1.29 is 22.4 Å². The molecule has 1 N–H and O–H groups in total. The first-order valence-electron chi connectivity index (χ1n) is 7.36. The Morgan fingerprint density at radius 1 is 1.04 bits per heavy atom. The zero-order chi connectivity index (χ0) is 18.0. The molecule has 2 aromatic heterocycles. The van der Waals surface area contributed by atoms with E-state index >= 15 is 0 Å². The van der Waals surface area contributed by atoms with Crippen molar-refractivity contribution in [3.8, 4) is 11.3 Å². The van der Waals surface area contributed by atoms with E-state index in [0.717, 1.165) is 11.8 Å². The molecule has 25 heavy (non-hydrogen) atoms. The molecule has 0 aliphatic carbocycles. The van der Waals surface area contributed by atoms with Gasteiger partial charge >= 0.3 is 6.18 Å². The average Bonchev–Trinajstić information content (AvgIpc) is 3.04. The van der Waals surface area contributed by atoms with Crippen LogP contribution < -0.4 is 5.32 Å². The quantitative estimate of drug-likeness (QED) is 0.732. The van der Waals surface area contributed by atoms with Crippen molar-refractivity contribution >= 4 is 11.7 Å². The number of rotatable bonds is 3. The monoisotopic (exact) mass is 346 g/mol. The molecule has 3 aromatic rings. The van der Waals surface area contributed by atoms with Crippen LogP contribution in [-0.4, -0.2) is 10.9 Å². The maximum Gasteiger partial charge on any atom is 0.417 e. The predicted molar refractivity (Wildman–Crippen MR) is 86.1 cm³/mol. The third-order valence-electron chi connectivity index (χ3n) is 3.46. The molecule has 0 spiro atoms. The molecule has 0 bridgehead atoms. The van der Waals surface area contributed by atoms with Crippen molar-refractivity contribution in [1.82, 2.24) is 4.98 Å². The highest BCUT2D eigenvalue weighted by atomic mass is 19.4. The van der Waals surface area contributed by atoms with Gasteiger partial charge in [0.1, 0.15) is 11.6 Å². The summed E-state index contributed by atoms with van der Waals surface area (Å²) >= 11 is 0. The van der Waals surface area contributed by atoms with E-state index in [1.54, 1.807) is 25.1 Å². The SMILES string of the molecule is Cc1cccc(NC(=O)c2ccc(-c3ccccc3C(F)(F)F)o2)n1. The van der Waals surface area contributed by atoms with Gasteiger partial charge in [-0.1, -0.05) is 24.3 Å². The number of carbonyl (C=O) groups is 1. The second-order valence-electron chi connectivity index (χ2n) is 5.33. The fourth-order valence-corrected chi connectivity index (χ4v) is 2.34. The van der Waals surface area contributed by atoms with Gasteiger partial charge in [-0.3, -0.25) is 4.79 Å². The Morgan fingerprint density at radius 2 is 1.80 bits per heavy atom. The highest BCUT2D eigenvalue weighted by Gasteiger charge is 2.34. The topological polar surface area (TPSA) is 55.1 Å². The largest absolute Gasteiger partial charge is 0.451 e. The first-order valence-corrected chi connectivity index (χ1v) is 7.36. The summed E-state index contributed by atoms with van der Waals surface area (Å²) in [4.78, 5) is 16.3. The Balaban J connectivity index is 1.87. The summed E-state index contributed by atoms with van der Waals surface area (Å²) in [7, 11) is 0. The standard InChI is InChI=1S/C18H13F3N2O2/c1-11-5-4-8-16(22-11)23-17(24)15-10-9-14(25-15)12-6-2-3-7-13(12)18(19,20)21/h2-10H,1H3,(H,22,23,24).